The lowest BCUT2D eigenvalue weighted by atomic mass is 9.69. The molecule has 1 fully saturated rings. The maximum absolute atomic E-state index is 14.4. The molecule has 0 bridgehead atoms. The summed E-state index contributed by atoms with van der Waals surface area (Å²) in [7, 11) is 0. The number of aliphatic imine (C=N–C) groups is 1. The Morgan fingerprint density at radius 2 is 1.76 bits per heavy atom. The Morgan fingerprint density at radius 3 is 2.53 bits per heavy atom. The summed E-state index contributed by atoms with van der Waals surface area (Å²) in [4.78, 5) is 46.2. The molecule has 8 heteroatoms. The number of fused-ring (bicyclic) bond motifs is 2. The van der Waals surface area contributed by atoms with Gasteiger partial charge in [0.25, 0.3) is 0 Å². The van der Waals surface area contributed by atoms with Crippen LogP contribution in [0.25, 0.3) is 6.08 Å². The van der Waals surface area contributed by atoms with Crippen LogP contribution < -0.4 is 16.0 Å². The van der Waals surface area contributed by atoms with E-state index in [4.69, 9.17) is 9.73 Å². The summed E-state index contributed by atoms with van der Waals surface area (Å²) in [5.74, 6) is -0.181. The first-order valence-corrected chi connectivity index (χ1v) is 16.2. The molecule has 2 unspecified atom stereocenters. The highest BCUT2D eigenvalue weighted by Gasteiger charge is 2.49. The number of carbonyl (C=O) groups is 3. The van der Waals surface area contributed by atoms with Crippen molar-refractivity contribution in [2.75, 3.05) is 13.1 Å². The molecule has 2 aliphatic carbocycles. The number of nitrogens with zero attached hydrogens (tertiary/aromatic N) is 1. The van der Waals surface area contributed by atoms with E-state index < -0.39 is 17.6 Å². The number of rotatable bonds is 11. The maximum atomic E-state index is 14.4. The van der Waals surface area contributed by atoms with E-state index in [0.717, 1.165) is 42.6 Å². The van der Waals surface area contributed by atoms with Crippen molar-refractivity contribution in [3.8, 4) is 0 Å². The van der Waals surface area contributed by atoms with Crippen LogP contribution in [0.2, 0.25) is 0 Å². The quantitative estimate of drug-likeness (QED) is 0.346. The predicted octanol–water partition coefficient (Wildman–Crippen LogP) is 4.64. The van der Waals surface area contributed by atoms with Crippen molar-refractivity contribution in [3.63, 3.8) is 0 Å². The second-order valence-electron chi connectivity index (χ2n) is 12.9. The van der Waals surface area contributed by atoms with Crippen LogP contribution in [0.1, 0.15) is 62.1 Å². The summed E-state index contributed by atoms with van der Waals surface area (Å²) < 4.78 is 5.87. The second kappa shape index (κ2) is 13.4. The summed E-state index contributed by atoms with van der Waals surface area (Å²) in [6.07, 6.45) is 12.3. The first-order chi connectivity index (χ1) is 21.8. The molecule has 0 radical (unpaired) electrons. The third kappa shape index (κ3) is 6.57. The van der Waals surface area contributed by atoms with Crippen LogP contribution in [0.5, 0.6) is 0 Å². The van der Waals surface area contributed by atoms with E-state index in [1.54, 1.807) is 6.08 Å². The number of Topliss-reactive ketones (excluding diaryl/α,β-unsaturated/α-hetero) is 1. The smallest absolute Gasteiger partial charge is 0.243 e. The van der Waals surface area contributed by atoms with Crippen LogP contribution in [-0.2, 0) is 25.5 Å². The minimum absolute atomic E-state index is 0.0945. The summed E-state index contributed by atoms with van der Waals surface area (Å²) in [6.45, 7) is 5.63. The first-order valence-electron chi connectivity index (χ1n) is 16.2. The highest BCUT2D eigenvalue weighted by atomic mass is 16.5. The number of ether oxygens (including phenoxy) is 1. The van der Waals surface area contributed by atoms with Crippen molar-refractivity contribution < 1.29 is 19.1 Å². The molecule has 2 amide bonds. The van der Waals surface area contributed by atoms with Crippen LogP contribution in [0.4, 0.5) is 0 Å². The Kier molecular flexibility index (Phi) is 9.12. The summed E-state index contributed by atoms with van der Waals surface area (Å²) in [5, 5.41) is 9.39. The molecule has 4 aliphatic rings. The van der Waals surface area contributed by atoms with Crippen LogP contribution in [0.15, 0.2) is 89.2 Å². The van der Waals surface area contributed by atoms with E-state index in [2.05, 4.69) is 34.2 Å². The van der Waals surface area contributed by atoms with Gasteiger partial charge in [0, 0.05) is 17.4 Å². The molecule has 1 spiro atoms. The molecule has 2 aliphatic heterocycles. The van der Waals surface area contributed by atoms with Crippen molar-refractivity contribution in [1.29, 1.82) is 0 Å². The van der Waals surface area contributed by atoms with Gasteiger partial charge in [0.2, 0.25) is 11.8 Å². The fraction of sp³-hybridized carbons (Fsp3) is 0.405. The molecule has 2 aromatic carbocycles. The summed E-state index contributed by atoms with van der Waals surface area (Å²) in [6, 6.07) is 16.5. The number of amides is 2. The van der Waals surface area contributed by atoms with Gasteiger partial charge in [0.1, 0.15) is 11.8 Å². The van der Waals surface area contributed by atoms with Crippen LogP contribution in [-0.4, -0.2) is 54.7 Å². The average Bonchev–Trinajstić information content (AvgIpc) is 3.49. The highest BCUT2D eigenvalue weighted by Crippen LogP contribution is 2.50. The van der Waals surface area contributed by atoms with E-state index in [1.807, 2.05) is 68.5 Å². The van der Waals surface area contributed by atoms with Crippen molar-refractivity contribution in [3.05, 3.63) is 101 Å². The Labute approximate surface area is 265 Å². The number of ketones is 1. The van der Waals surface area contributed by atoms with Gasteiger partial charge < -0.3 is 20.7 Å². The first kappa shape index (κ1) is 30.7. The van der Waals surface area contributed by atoms with Crippen molar-refractivity contribution >= 4 is 30.1 Å². The number of aryl methyl sites for hydroxylation is 1. The normalized spacial score (nSPS) is 23.0. The third-order valence-corrected chi connectivity index (χ3v) is 9.33. The van der Waals surface area contributed by atoms with E-state index in [-0.39, 0.29) is 35.4 Å². The minimum atomic E-state index is -0.796. The van der Waals surface area contributed by atoms with E-state index in [1.165, 1.54) is 6.40 Å². The Bertz CT molecular complexity index is 1550. The third-order valence-electron chi connectivity index (χ3n) is 9.33. The molecule has 1 saturated heterocycles. The zero-order valence-electron chi connectivity index (χ0n) is 26.0. The van der Waals surface area contributed by atoms with Crippen LogP contribution in [0, 0.1) is 11.8 Å². The van der Waals surface area contributed by atoms with Gasteiger partial charge in [-0.25, -0.2) is 4.99 Å². The Balaban J connectivity index is 1.27. The largest absolute Gasteiger partial charge is 0.447 e. The number of hydrogen-bond acceptors (Lipinski definition) is 6. The second-order valence-corrected chi connectivity index (χ2v) is 12.9. The van der Waals surface area contributed by atoms with E-state index in [9.17, 15) is 14.4 Å². The Morgan fingerprint density at radius 1 is 1.00 bits per heavy atom. The van der Waals surface area contributed by atoms with Gasteiger partial charge in [0.05, 0.1) is 6.04 Å². The minimum Gasteiger partial charge on any atom is -0.447 e. The van der Waals surface area contributed by atoms with Crippen LogP contribution >= 0.6 is 0 Å². The topological polar surface area (TPSA) is 109 Å². The molecular weight excluding hydrogens is 564 g/mol. The van der Waals surface area contributed by atoms with Gasteiger partial charge in [0.15, 0.2) is 17.7 Å². The lowest BCUT2D eigenvalue weighted by Gasteiger charge is -2.37. The standard InChI is InChI=1S/C37H42N4O4/c1-24(2)20-32(41-35(43)27-15-18-38-19-16-27)36(44)40-31(13-12-25-8-4-3-5-9-25)34(42)28-21-30-29-11-7-6-10-26(29)14-17-37(30)33(22-28)45-23-39-37/h3-11,14,17,21-24,27,30-32,38H,12-13,15-16,18-20H2,1-2H3,(H,40,44)(H,41,43)/t30?,31-,32-,37?/m0/s1. The SMILES string of the molecule is CC(C)C[C@H](NC(=O)C1CCNCC1)C(=O)N[C@@H](CCc1ccccc1)C(=O)C1=CC2c3ccccc3C=CC23N=COC3=C1. The Hall–Kier alpha value is -4.30. The molecule has 2 aromatic rings. The number of carbonyl (C=O) groups excluding carboxylic acids is 3. The molecule has 0 saturated carbocycles. The fourth-order valence-electron chi connectivity index (χ4n) is 6.85. The van der Waals surface area contributed by atoms with Gasteiger partial charge in [-0.2, -0.15) is 0 Å². The number of benzene rings is 2. The van der Waals surface area contributed by atoms with Gasteiger partial charge in [-0.3, -0.25) is 14.4 Å². The molecule has 234 valence electrons. The van der Waals surface area contributed by atoms with Crippen molar-refractivity contribution in [2.45, 2.75) is 69.5 Å². The van der Waals surface area contributed by atoms with Gasteiger partial charge >= 0.3 is 0 Å². The summed E-state index contributed by atoms with van der Waals surface area (Å²) >= 11 is 0. The predicted molar refractivity (Wildman–Crippen MR) is 175 cm³/mol. The maximum Gasteiger partial charge on any atom is 0.243 e. The van der Waals surface area contributed by atoms with Gasteiger partial charge in [-0.15, -0.1) is 0 Å². The highest BCUT2D eigenvalue weighted by molar-refractivity contribution is 6.05. The van der Waals surface area contributed by atoms with Crippen LogP contribution in [0.3, 0.4) is 0 Å². The van der Waals surface area contributed by atoms with E-state index >= 15 is 0 Å². The lowest BCUT2D eigenvalue weighted by Crippen LogP contribution is -2.54. The van der Waals surface area contributed by atoms with Crippen molar-refractivity contribution in [2.24, 2.45) is 16.8 Å². The number of nitrogens with one attached hydrogen (secondary N) is 3. The van der Waals surface area contributed by atoms with Gasteiger partial charge in [-0.1, -0.05) is 80.6 Å². The van der Waals surface area contributed by atoms with E-state index in [0.29, 0.717) is 30.6 Å². The monoisotopic (exact) mass is 606 g/mol. The number of allylic oxidation sites excluding steroid dienone is 1. The molecule has 0 aromatic heterocycles. The molecule has 8 nitrogen and oxygen atoms in total. The lowest BCUT2D eigenvalue weighted by molar-refractivity contribution is -0.133. The zero-order chi connectivity index (χ0) is 31.4. The molecule has 2 heterocycles. The summed E-state index contributed by atoms with van der Waals surface area (Å²) in [5.41, 5.74) is 2.99. The molecule has 4 atom stereocenters. The zero-order valence-corrected chi connectivity index (χ0v) is 26.0. The molecule has 3 N–H and O–H groups in total. The molecule has 6 rings (SSSR count). The van der Waals surface area contributed by atoms with Gasteiger partial charge in [-0.05, 0) is 80.0 Å². The number of piperidine rings is 1. The molecular formula is C37H42N4O4. The fourth-order valence-corrected chi connectivity index (χ4v) is 6.85. The molecule has 45 heavy (non-hydrogen) atoms. The average molecular weight is 607 g/mol. The van der Waals surface area contributed by atoms with Crippen molar-refractivity contribution in [1.82, 2.24) is 16.0 Å². The number of hydrogen-bond donors (Lipinski definition) is 3.